The fourth-order valence-electron chi connectivity index (χ4n) is 7.19. The molecule has 8 bridgehead atoms. The minimum absolute atomic E-state index is 0.159. The van der Waals surface area contributed by atoms with Gasteiger partial charge in [-0.2, -0.15) is 0 Å². The van der Waals surface area contributed by atoms with Crippen molar-refractivity contribution < 1.29 is 0 Å². The number of rotatable bonds is 1. The summed E-state index contributed by atoms with van der Waals surface area (Å²) in [5.41, 5.74) is 16.4. The molecule has 39 heavy (non-hydrogen) atoms. The van der Waals surface area contributed by atoms with Crippen molar-refractivity contribution in [3.8, 4) is 11.1 Å². The van der Waals surface area contributed by atoms with Crippen molar-refractivity contribution in [3.63, 3.8) is 0 Å². The predicted molar refractivity (Wildman–Crippen MR) is 163 cm³/mol. The van der Waals surface area contributed by atoms with Crippen LogP contribution in [0.1, 0.15) is 77.1 Å². The first kappa shape index (κ1) is 24.1. The maximum Gasteiger partial charge on any atom is 0.0737 e. The van der Waals surface area contributed by atoms with Gasteiger partial charge in [0.1, 0.15) is 0 Å². The van der Waals surface area contributed by atoms with Crippen LogP contribution in [0.25, 0.3) is 45.3 Å². The predicted octanol–water partition coefficient (Wildman–Crippen LogP) is 8.83. The summed E-state index contributed by atoms with van der Waals surface area (Å²) in [6.07, 6.45) is 11.7. The highest BCUT2D eigenvalue weighted by Crippen LogP contribution is 2.44. The summed E-state index contributed by atoms with van der Waals surface area (Å²) in [5, 5.41) is 0. The Bertz CT molecular complexity index is 1780. The van der Waals surface area contributed by atoms with Crippen LogP contribution in [0.4, 0.5) is 0 Å². The van der Waals surface area contributed by atoms with Crippen LogP contribution in [-0.2, 0) is 11.8 Å². The summed E-state index contributed by atoms with van der Waals surface area (Å²) < 4.78 is 0. The molecule has 0 atom stereocenters. The molecule has 1 aromatic carbocycles. The van der Waals surface area contributed by atoms with Gasteiger partial charge in [0.05, 0.1) is 11.4 Å². The third-order valence-corrected chi connectivity index (χ3v) is 9.05. The smallest absolute Gasteiger partial charge is 0.0737 e. The zero-order valence-electron chi connectivity index (χ0n) is 23.4. The molecule has 0 radical (unpaired) electrons. The molecule has 4 aromatic rings. The van der Waals surface area contributed by atoms with E-state index in [1.165, 1.54) is 65.7 Å². The number of nitrogens with zero attached hydrogens (tertiary/aromatic N) is 2. The third kappa shape index (κ3) is 4.14. The first-order chi connectivity index (χ1) is 18.9. The molecule has 1 spiro atoms. The van der Waals surface area contributed by atoms with Crippen molar-refractivity contribution in [2.45, 2.75) is 71.6 Å². The van der Waals surface area contributed by atoms with E-state index in [-0.39, 0.29) is 5.41 Å². The zero-order valence-corrected chi connectivity index (χ0v) is 23.4. The largest absolute Gasteiger partial charge is 0.355 e. The van der Waals surface area contributed by atoms with E-state index in [0.717, 1.165) is 51.0 Å². The summed E-state index contributed by atoms with van der Waals surface area (Å²) in [7, 11) is 0. The molecule has 1 aliphatic carbocycles. The van der Waals surface area contributed by atoms with Gasteiger partial charge in [0.2, 0.25) is 0 Å². The summed E-state index contributed by atoms with van der Waals surface area (Å²) in [6, 6.07) is 17.9. The molecule has 3 aliphatic rings. The number of benzene rings is 1. The van der Waals surface area contributed by atoms with Gasteiger partial charge in [-0.05, 0) is 111 Å². The number of hydrogen-bond acceptors (Lipinski definition) is 2. The van der Waals surface area contributed by atoms with Crippen molar-refractivity contribution in [2.75, 3.05) is 0 Å². The Balaban J connectivity index is 1.57. The minimum atomic E-state index is 0.159. The van der Waals surface area contributed by atoms with Crippen molar-refractivity contribution in [3.05, 3.63) is 93.6 Å². The van der Waals surface area contributed by atoms with Crippen LogP contribution in [-0.4, -0.2) is 19.9 Å². The second-order valence-corrected chi connectivity index (χ2v) is 11.9. The average Bonchev–Trinajstić information content (AvgIpc) is 3.70. The van der Waals surface area contributed by atoms with E-state index in [0.29, 0.717) is 0 Å². The summed E-state index contributed by atoms with van der Waals surface area (Å²) >= 11 is 0. The van der Waals surface area contributed by atoms with Crippen molar-refractivity contribution in [1.29, 1.82) is 0 Å². The van der Waals surface area contributed by atoms with Gasteiger partial charge in [-0.15, -0.1) is 0 Å². The fraction of sp³-hybridized carbons (Fsp3) is 0.314. The van der Waals surface area contributed by atoms with Crippen molar-refractivity contribution in [2.24, 2.45) is 0 Å². The van der Waals surface area contributed by atoms with E-state index in [1.54, 1.807) is 0 Å². The number of nitrogens with one attached hydrogen (secondary N) is 2. The highest BCUT2D eigenvalue weighted by atomic mass is 14.8. The number of H-pyrrole nitrogens is 2. The van der Waals surface area contributed by atoms with Crippen molar-refractivity contribution >= 4 is 34.2 Å². The maximum absolute atomic E-state index is 5.26. The number of aromatic amines is 2. The van der Waals surface area contributed by atoms with Crippen molar-refractivity contribution in [1.82, 2.24) is 19.9 Å². The van der Waals surface area contributed by atoms with E-state index < -0.39 is 0 Å². The highest BCUT2D eigenvalue weighted by molar-refractivity contribution is 5.93. The monoisotopic (exact) mass is 512 g/mol. The van der Waals surface area contributed by atoms with Gasteiger partial charge in [-0.1, -0.05) is 37.0 Å². The second kappa shape index (κ2) is 9.08. The summed E-state index contributed by atoms with van der Waals surface area (Å²) in [4.78, 5) is 17.9. The van der Waals surface area contributed by atoms with Crippen LogP contribution in [0.3, 0.4) is 0 Å². The molecule has 7 rings (SSSR count). The van der Waals surface area contributed by atoms with Gasteiger partial charge < -0.3 is 9.97 Å². The second-order valence-electron chi connectivity index (χ2n) is 11.9. The summed E-state index contributed by atoms with van der Waals surface area (Å²) in [5.74, 6) is 0. The van der Waals surface area contributed by atoms with E-state index in [2.05, 4.69) is 98.3 Å². The standard InChI is InChI=1S/C35H36N4/c1-21-16-22(2)33(23(3)17-21)34-30-11-9-25(37-30)18-27-20-35(14-6-5-7-15-35)32(38-27)19-26-8-10-28(36-26)24(4)29-12-13-31(34)39-29/h8-13,16-19,36-37H,5-7,14-15,20H2,1-4H3. The van der Waals surface area contributed by atoms with Crippen LogP contribution in [0.15, 0.2) is 48.5 Å². The Morgan fingerprint density at radius 1 is 0.667 bits per heavy atom. The van der Waals surface area contributed by atoms with E-state index in [9.17, 15) is 0 Å². The van der Waals surface area contributed by atoms with Crippen LogP contribution in [0.2, 0.25) is 0 Å². The molecular formula is C35H36N4. The number of aryl methyl sites for hydroxylation is 4. The SMILES string of the molecule is Cc1cc(C)c(-c2c3nc(c(C)c4ccc(cc5nc(cc6ccc2[nH]6)CC52CCCCC2)[nH]4)C=C3)c(C)c1. The van der Waals surface area contributed by atoms with Crippen LogP contribution in [0, 0.1) is 27.7 Å². The quantitative estimate of drug-likeness (QED) is 0.236. The zero-order chi connectivity index (χ0) is 26.7. The van der Waals surface area contributed by atoms with E-state index in [4.69, 9.17) is 9.97 Å². The third-order valence-electron chi connectivity index (χ3n) is 9.05. The van der Waals surface area contributed by atoms with Crippen LogP contribution in [0.5, 0.6) is 0 Å². The number of hydrogen-bond donors (Lipinski definition) is 2. The van der Waals surface area contributed by atoms with Gasteiger partial charge in [0, 0.05) is 50.9 Å². The lowest BCUT2D eigenvalue weighted by Crippen LogP contribution is -2.28. The molecule has 196 valence electrons. The Kier molecular flexibility index (Phi) is 5.62. The van der Waals surface area contributed by atoms with Gasteiger partial charge in [0.25, 0.3) is 0 Å². The first-order valence-corrected chi connectivity index (χ1v) is 14.4. The molecule has 4 nitrogen and oxygen atoms in total. The lowest BCUT2D eigenvalue weighted by Gasteiger charge is -2.32. The first-order valence-electron chi connectivity index (χ1n) is 14.4. The normalized spacial score (nSPS) is 16.2. The molecule has 0 unspecified atom stereocenters. The van der Waals surface area contributed by atoms with E-state index in [1.807, 2.05) is 0 Å². The maximum atomic E-state index is 5.26. The van der Waals surface area contributed by atoms with Gasteiger partial charge in [-0.3, -0.25) is 4.98 Å². The summed E-state index contributed by atoms with van der Waals surface area (Å²) in [6.45, 7) is 8.75. The van der Waals surface area contributed by atoms with Crippen LogP contribution < -0.4 is 0 Å². The van der Waals surface area contributed by atoms with E-state index >= 15 is 0 Å². The van der Waals surface area contributed by atoms with Gasteiger partial charge in [0.15, 0.2) is 0 Å². The molecule has 0 saturated heterocycles. The molecule has 5 heterocycles. The molecule has 4 heteroatoms. The molecule has 2 N–H and O–H groups in total. The number of aromatic nitrogens is 4. The molecule has 2 aliphatic heterocycles. The molecule has 1 fully saturated rings. The Hall–Kier alpha value is -3.92. The Labute approximate surface area is 230 Å². The average molecular weight is 513 g/mol. The molecular weight excluding hydrogens is 476 g/mol. The lowest BCUT2D eigenvalue weighted by atomic mass is 9.70. The molecule has 3 aromatic heterocycles. The molecule has 0 amide bonds. The lowest BCUT2D eigenvalue weighted by molar-refractivity contribution is 0.299. The highest BCUT2D eigenvalue weighted by Gasteiger charge is 2.39. The Morgan fingerprint density at radius 3 is 2.10 bits per heavy atom. The van der Waals surface area contributed by atoms with Crippen LogP contribution >= 0.6 is 0 Å². The fourth-order valence-corrected chi connectivity index (χ4v) is 7.19. The molecule has 1 saturated carbocycles. The van der Waals surface area contributed by atoms with Gasteiger partial charge in [-0.25, -0.2) is 4.98 Å². The minimum Gasteiger partial charge on any atom is -0.355 e. The number of fused-ring (bicyclic) bond motifs is 9. The Morgan fingerprint density at radius 2 is 1.33 bits per heavy atom. The topological polar surface area (TPSA) is 57.4 Å². The van der Waals surface area contributed by atoms with Gasteiger partial charge >= 0.3 is 0 Å².